The molecule has 2 heterocycles. The highest BCUT2D eigenvalue weighted by molar-refractivity contribution is 5.18. The topological polar surface area (TPSA) is 68.8 Å². The van der Waals surface area contributed by atoms with Crippen LogP contribution in [0.2, 0.25) is 0 Å². The molecule has 2 aromatic heterocycles. The summed E-state index contributed by atoms with van der Waals surface area (Å²) in [5.74, 6) is 0.638. The van der Waals surface area contributed by atoms with Crippen LogP contribution in [0.1, 0.15) is 11.4 Å². The highest BCUT2D eigenvalue weighted by atomic mass is 16.5. The summed E-state index contributed by atoms with van der Waals surface area (Å²) in [6.07, 6.45) is 4.72. The van der Waals surface area contributed by atoms with Gasteiger partial charge in [-0.25, -0.2) is 0 Å². The van der Waals surface area contributed by atoms with E-state index in [2.05, 4.69) is 20.6 Å². The Labute approximate surface area is 87.3 Å². The van der Waals surface area contributed by atoms with Crippen molar-refractivity contribution in [2.24, 2.45) is 7.05 Å². The van der Waals surface area contributed by atoms with Crippen molar-refractivity contribution in [1.82, 2.24) is 19.9 Å². The molecule has 1 N–H and O–H groups in total. The fourth-order valence-corrected chi connectivity index (χ4v) is 1.28. The molecule has 0 unspecified atom stereocenters. The second kappa shape index (κ2) is 4.12. The van der Waals surface area contributed by atoms with Gasteiger partial charge in [0.1, 0.15) is 0 Å². The molecule has 0 spiro atoms. The monoisotopic (exact) mass is 207 g/mol. The molecule has 0 fully saturated rings. The Morgan fingerprint density at radius 3 is 3.00 bits per heavy atom. The predicted molar refractivity (Wildman–Crippen MR) is 54.4 cm³/mol. The Balaban J connectivity index is 1.80. The van der Waals surface area contributed by atoms with Crippen LogP contribution in [0.15, 0.2) is 16.9 Å². The van der Waals surface area contributed by atoms with Crippen molar-refractivity contribution >= 4 is 6.01 Å². The molecular formula is C9H13N5O. The van der Waals surface area contributed by atoms with Crippen LogP contribution in [-0.2, 0) is 13.5 Å². The van der Waals surface area contributed by atoms with E-state index < -0.39 is 0 Å². The fourth-order valence-electron chi connectivity index (χ4n) is 1.28. The van der Waals surface area contributed by atoms with Gasteiger partial charge in [-0.3, -0.25) is 4.68 Å². The van der Waals surface area contributed by atoms with Gasteiger partial charge in [-0.05, 0) is 18.9 Å². The third-order valence-corrected chi connectivity index (χ3v) is 1.98. The Bertz CT molecular complexity index is 393. The summed E-state index contributed by atoms with van der Waals surface area (Å²) in [4.78, 5) is 4.04. The summed E-state index contributed by atoms with van der Waals surface area (Å²) in [6, 6.07) is 0.469. The number of hydrogen-bond acceptors (Lipinski definition) is 5. The summed E-state index contributed by atoms with van der Waals surface area (Å²) in [6.45, 7) is 2.54. The van der Waals surface area contributed by atoms with Crippen LogP contribution in [0.25, 0.3) is 0 Å². The molecule has 0 saturated heterocycles. The predicted octanol–water partition coefficient (Wildman–Crippen LogP) is 0.766. The maximum absolute atomic E-state index is 4.91. The number of nitrogens with one attached hydrogen (secondary N) is 1. The number of aryl methyl sites for hydroxylation is 2. The maximum atomic E-state index is 4.91. The highest BCUT2D eigenvalue weighted by Crippen LogP contribution is 2.03. The molecule has 2 aromatic rings. The van der Waals surface area contributed by atoms with Gasteiger partial charge < -0.3 is 9.84 Å². The molecule has 0 radical (unpaired) electrons. The molecule has 0 aliphatic heterocycles. The number of rotatable bonds is 4. The second-order valence-corrected chi connectivity index (χ2v) is 3.35. The highest BCUT2D eigenvalue weighted by Gasteiger charge is 2.01. The lowest BCUT2D eigenvalue weighted by Crippen LogP contribution is -2.04. The van der Waals surface area contributed by atoms with E-state index in [1.807, 2.05) is 19.4 Å². The van der Waals surface area contributed by atoms with E-state index in [-0.39, 0.29) is 0 Å². The first-order chi connectivity index (χ1) is 7.24. The zero-order valence-corrected chi connectivity index (χ0v) is 8.77. The van der Waals surface area contributed by atoms with Gasteiger partial charge >= 0.3 is 6.01 Å². The van der Waals surface area contributed by atoms with Crippen molar-refractivity contribution in [3.63, 3.8) is 0 Å². The van der Waals surface area contributed by atoms with Gasteiger partial charge in [-0.1, -0.05) is 5.16 Å². The molecule has 0 bridgehead atoms. The van der Waals surface area contributed by atoms with Gasteiger partial charge in [0.25, 0.3) is 0 Å². The van der Waals surface area contributed by atoms with Crippen LogP contribution in [0, 0.1) is 6.92 Å². The summed E-state index contributed by atoms with van der Waals surface area (Å²) in [5, 5.41) is 10.8. The third-order valence-electron chi connectivity index (χ3n) is 1.98. The van der Waals surface area contributed by atoms with Crippen LogP contribution in [0.4, 0.5) is 6.01 Å². The molecule has 2 rings (SSSR count). The molecule has 0 saturated carbocycles. The quantitative estimate of drug-likeness (QED) is 0.801. The van der Waals surface area contributed by atoms with Gasteiger partial charge in [-0.2, -0.15) is 10.1 Å². The van der Waals surface area contributed by atoms with E-state index in [0.29, 0.717) is 11.8 Å². The third kappa shape index (κ3) is 2.55. The summed E-state index contributed by atoms with van der Waals surface area (Å²) in [7, 11) is 1.90. The first-order valence-corrected chi connectivity index (χ1v) is 4.76. The summed E-state index contributed by atoms with van der Waals surface area (Å²) >= 11 is 0. The Hall–Kier alpha value is -1.85. The molecule has 0 atom stereocenters. The zero-order valence-electron chi connectivity index (χ0n) is 8.77. The van der Waals surface area contributed by atoms with Crippen molar-refractivity contribution in [2.75, 3.05) is 11.9 Å². The van der Waals surface area contributed by atoms with Crippen molar-refractivity contribution in [3.8, 4) is 0 Å². The van der Waals surface area contributed by atoms with Crippen LogP contribution in [0.5, 0.6) is 0 Å². The van der Waals surface area contributed by atoms with E-state index in [9.17, 15) is 0 Å². The molecule has 6 heteroatoms. The van der Waals surface area contributed by atoms with Gasteiger partial charge in [0, 0.05) is 19.8 Å². The van der Waals surface area contributed by atoms with Crippen molar-refractivity contribution < 1.29 is 4.52 Å². The Morgan fingerprint density at radius 2 is 2.40 bits per heavy atom. The molecular weight excluding hydrogens is 194 g/mol. The van der Waals surface area contributed by atoms with Gasteiger partial charge in [-0.15, -0.1) is 0 Å². The molecule has 0 aromatic carbocycles. The number of nitrogens with zero attached hydrogens (tertiary/aromatic N) is 4. The first kappa shape index (κ1) is 9.70. The minimum Gasteiger partial charge on any atom is -0.337 e. The average molecular weight is 207 g/mol. The minimum absolute atomic E-state index is 0.469. The first-order valence-electron chi connectivity index (χ1n) is 4.76. The zero-order chi connectivity index (χ0) is 10.7. The Morgan fingerprint density at radius 1 is 1.53 bits per heavy atom. The van der Waals surface area contributed by atoms with E-state index in [0.717, 1.165) is 13.0 Å². The average Bonchev–Trinajstić information content (AvgIpc) is 2.76. The molecule has 0 aliphatic carbocycles. The van der Waals surface area contributed by atoms with Crippen LogP contribution < -0.4 is 5.32 Å². The number of aromatic nitrogens is 4. The molecule has 0 aliphatic rings. The summed E-state index contributed by atoms with van der Waals surface area (Å²) in [5.41, 5.74) is 1.18. The smallest absolute Gasteiger partial charge is 0.321 e. The van der Waals surface area contributed by atoms with E-state index in [1.165, 1.54) is 5.56 Å². The SMILES string of the molecule is Cc1noc(NCCc2cnn(C)c2)n1. The van der Waals surface area contributed by atoms with Crippen molar-refractivity contribution in [2.45, 2.75) is 13.3 Å². The van der Waals surface area contributed by atoms with Crippen molar-refractivity contribution in [3.05, 3.63) is 23.8 Å². The summed E-state index contributed by atoms with van der Waals surface area (Å²) < 4.78 is 6.70. The van der Waals surface area contributed by atoms with Gasteiger partial charge in [0.2, 0.25) is 0 Å². The lowest BCUT2D eigenvalue weighted by atomic mass is 10.2. The van der Waals surface area contributed by atoms with E-state index >= 15 is 0 Å². The Kier molecular flexibility index (Phi) is 2.66. The number of anilines is 1. The van der Waals surface area contributed by atoms with Gasteiger partial charge in [0.05, 0.1) is 6.20 Å². The standard InChI is InChI=1S/C9H13N5O/c1-7-12-9(15-13-7)10-4-3-8-5-11-14(2)6-8/h5-6H,3-4H2,1-2H3,(H,10,12,13). The lowest BCUT2D eigenvalue weighted by molar-refractivity contribution is 0.425. The van der Waals surface area contributed by atoms with Crippen LogP contribution >= 0.6 is 0 Å². The fraction of sp³-hybridized carbons (Fsp3) is 0.444. The maximum Gasteiger partial charge on any atom is 0.321 e. The van der Waals surface area contributed by atoms with Crippen LogP contribution in [-0.4, -0.2) is 26.5 Å². The second-order valence-electron chi connectivity index (χ2n) is 3.35. The van der Waals surface area contributed by atoms with E-state index in [4.69, 9.17) is 4.52 Å². The normalized spacial score (nSPS) is 10.5. The molecule has 80 valence electrons. The molecule has 6 nitrogen and oxygen atoms in total. The minimum atomic E-state index is 0.469. The molecule has 15 heavy (non-hydrogen) atoms. The largest absolute Gasteiger partial charge is 0.337 e. The van der Waals surface area contributed by atoms with Crippen molar-refractivity contribution in [1.29, 1.82) is 0 Å². The van der Waals surface area contributed by atoms with Crippen LogP contribution in [0.3, 0.4) is 0 Å². The number of hydrogen-bond donors (Lipinski definition) is 1. The lowest BCUT2D eigenvalue weighted by Gasteiger charge is -1.97. The van der Waals surface area contributed by atoms with E-state index in [1.54, 1.807) is 11.6 Å². The van der Waals surface area contributed by atoms with Gasteiger partial charge in [0.15, 0.2) is 5.82 Å². The molecule has 0 amide bonds.